The van der Waals surface area contributed by atoms with Crippen molar-refractivity contribution in [3.8, 4) is 0 Å². The van der Waals surface area contributed by atoms with Gasteiger partial charge in [0.15, 0.2) is 11.5 Å². The molecule has 10 nitrogen and oxygen atoms in total. The maximum Gasteiger partial charge on any atom is 0.275 e. The van der Waals surface area contributed by atoms with Crippen molar-refractivity contribution in [2.24, 2.45) is 10.1 Å². The van der Waals surface area contributed by atoms with E-state index >= 15 is 0 Å². The SMILES string of the molecule is C1=CN(C2=C(c3ncccn3)N(N3CCC=N3)C(N3C=NCC3)(N3CC=CC3)N2)CC1. The van der Waals surface area contributed by atoms with Gasteiger partial charge in [0.05, 0.1) is 19.4 Å². The van der Waals surface area contributed by atoms with Gasteiger partial charge in [-0.2, -0.15) is 5.10 Å². The van der Waals surface area contributed by atoms with E-state index in [4.69, 9.17) is 5.10 Å². The summed E-state index contributed by atoms with van der Waals surface area (Å²) in [5, 5.41) is 13.0. The molecule has 6 rings (SSSR count). The Bertz CT molecular complexity index is 975. The summed E-state index contributed by atoms with van der Waals surface area (Å²) in [5.41, 5.74) is 0.929. The Labute approximate surface area is 181 Å². The Morgan fingerprint density at radius 1 is 0.968 bits per heavy atom. The van der Waals surface area contributed by atoms with Crippen molar-refractivity contribution in [1.29, 1.82) is 0 Å². The fourth-order valence-corrected chi connectivity index (χ4v) is 4.78. The standard InChI is InChI=1S/C21H26N10/c1-2-12-27(11-1)20-18(19-23-7-5-8-24-19)31(30-15-6-9-25-30)21(26-20,28-13-3-4-14-28)29-16-10-22-17-29/h1,3-5,7-9,11,17,26H,2,6,10,12-16H2. The molecule has 1 atom stereocenters. The number of hydrogen-bond acceptors (Lipinski definition) is 10. The average molecular weight is 419 g/mol. The summed E-state index contributed by atoms with van der Waals surface area (Å²) in [7, 11) is 0. The van der Waals surface area contributed by atoms with Crippen molar-refractivity contribution in [2.45, 2.75) is 18.8 Å². The molecule has 0 radical (unpaired) electrons. The van der Waals surface area contributed by atoms with Crippen molar-refractivity contribution >= 4 is 18.3 Å². The second-order valence-electron chi connectivity index (χ2n) is 7.98. The molecule has 1 N–H and O–H groups in total. The van der Waals surface area contributed by atoms with Gasteiger partial charge in [-0.05, 0) is 12.5 Å². The van der Waals surface area contributed by atoms with Crippen LogP contribution in [0.2, 0.25) is 0 Å². The number of hydrogen-bond donors (Lipinski definition) is 1. The lowest BCUT2D eigenvalue weighted by molar-refractivity contribution is -0.188. The molecule has 0 spiro atoms. The van der Waals surface area contributed by atoms with Crippen molar-refractivity contribution in [2.75, 3.05) is 39.3 Å². The first-order chi connectivity index (χ1) is 15.4. The molecule has 1 aromatic rings. The normalized spacial score (nSPS) is 27.6. The number of hydrazine groups is 1. The van der Waals surface area contributed by atoms with E-state index in [1.54, 1.807) is 12.4 Å². The molecule has 10 heteroatoms. The molecule has 0 amide bonds. The van der Waals surface area contributed by atoms with Gasteiger partial charge in [0, 0.05) is 57.4 Å². The quantitative estimate of drug-likeness (QED) is 0.699. The third-order valence-corrected chi connectivity index (χ3v) is 6.16. The van der Waals surface area contributed by atoms with Crippen molar-refractivity contribution in [3.63, 3.8) is 0 Å². The molecule has 1 aromatic heterocycles. The molecule has 0 saturated heterocycles. The summed E-state index contributed by atoms with van der Waals surface area (Å²) in [5.74, 6) is 0.984. The molecule has 160 valence electrons. The molecule has 0 fully saturated rings. The van der Waals surface area contributed by atoms with Crippen LogP contribution in [-0.4, -0.2) is 92.5 Å². The van der Waals surface area contributed by atoms with E-state index in [-0.39, 0.29) is 0 Å². The van der Waals surface area contributed by atoms with Gasteiger partial charge < -0.3 is 15.1 Å². The van der Waals surface area contributed by atoms with Gasteiger partial charge in [0.1, 0.15) is 5.82 Å². The summed E-state index contributed by atoms with van der Waals surface area (Å²) >= 11 is 0. The van der Waals surface area contributed by atoms with Gasteiger partial charge in [-0.15, -0.1) is 0 Å². The minimum absolute atomic E-state index is 0.678. The third kappa shape index (κ3) is 2.82. The fourth-order valence-electron chi connectivity index (χ4n) is 4.78. The highest BCUT2D eigenvalue weighted by Crippen LogP contribution is 2.42. The zero-order chi connectivity index (χ0) is 20.7. The van der Waals surface area contributed by atoms with E-state index in [1.165, 1.54) is 0 Å². The lowest BCUT2D eigenvalue weighted by Crippen LogP contribution is -2.75. The first-order valence-corrected chi connectivity index (χ1v) is 10.9. The highest BCUT2D eigenvalue weighted by atomic mass is 15.9. The highest BCUT2D eigenvalue weighted by Gasteiger charge is 2.58. The lowest BCUT2D eigenvalue weighted by Gasteiger charge is -2.52. The molecule has 6 heterocycles. The van der Waals surface area contributed by atoms with E-state index in [1.807, 2.05) is 18.6 Å². The molecule has 0 saturated carbocycles. The van der Waals surface area contributed by atoms with E-state index in [2.05, 4.69) is 69.5 Å². The number of aliphatic imine (C=N–C) groups is 1. The summed E-state index contributed by atoms with van der Waals surface area (Å²) in [6.07, 6.45) is 18.2. The van der Waals surface area contributed by atoms with Crippen LogP contribution in [0.15, 0.2) is 58.8 Å². The van der Waals surface area contributed by atoms with E-state index < -0.39 is 5.91 Å². The van der Waals surface area contributed by atoms with Crippen LogP contribution in [0.4, 0.5) is 0 Å². The molecular weight excluding hydrogens is 392 g/mol. The van der Waals surface area contributed by atoms with Crippen LogP contribution in [0, 0.1) is 0 Å². The van der Waals surface area contributed by atoms with Crippen molar-refractivity contribution < 1.29 is 0 Å². The monoisotopic (exact) mass is 418 g/mol. The van der Waals surface area contributed by atoms with Crippen molar-refractivity contribution in [3.05, 3.63) is 54.5 Å². The first-order valence-electron chi connectivity index (χ1n) is 10.9. The van der Waals surface area contributed by atoms with Gasteiger partial charge in [-0.25, -0.2) is 25.0 Å². The van der Waals surface area contributed by atoms with Crippen LogP contribution in [0.25, 0.3) is 5.70 Å². The van der Waals surface area contributed by atoms with E-state index in [0.717, 1.165) is 63.6 Å². The Morgan fingerprint density at radius 2 is 1.84 bits per heavy atom. The van der Waals surface area contributed by atoms with Gasteiger partial charge in [0.25, 0.3) is 5.91 Å². The first kappa shape index (κ1) is 18.4. The predicted octanol–water partition coefficient (Wildman–Crippen LogP) is 0.661. The van der Waals surface area contributed by atoms with Crippen LogP contribution in [0.3, 0.4) is 0 Å². The largest absolute Gasteiger partial charge is 0.333 e. The Hall–Kier alpha value is -3.40. The minimum atomic E-state index is -0.689. The van der Waals surface area contributed by atoms with Crippen molar-refractivity contribution in [1.82, 2.24) is 40.1 Å². The molecular formula is C21H26N10. The van der Waals surface area contributed by atoms with Crippen LogP contribution in [0.1, 0.15) is 18.7 Å². The topological polar surface area (TPSA) is 78.7 Å². The maximum absolute atomic E-state index is 4.74. The second-order valence-corrected chi connectivity index (χ2v) is 7.98. The molecule has 0 aliphatic carbocycles. The van der Waals surface area contributed by atoms with Gasteiger partial charge >= 0.3 is 0 Å². The molecule has 1 unspecified atom stereocenters. The maximum atomic E-state index is 4.74. The average Bonchev–Trinajstić information content (AvgIpc) is 3.64. The molecule has 0 bridgehead atoms. The molecule has 31 heavy (non-hydrogen) atoms. The fraction of sp³-hybridized carbons (Fsp3) is 0.429. The van der Waals surface area contributed by atoms with Gasteiger partial charge in [-0.3, -0.25) is 4.99 Å². The van der Waals surface area contributed by atoms with Gasteiger partial charge in [-0.1, -0.05) is 18.2 Å². The van der Waals surface area contributed by atoms with E-state index in [0.29, 0.717) is 5.82 Å². The van der Waals surface area contributed by atoms with E-state index in [9.17, 15) is 0 Å². The summed E-state index contributed by atoms with van der Waals surface area (Å²) in [4.78, 5) is 20.8. The van der Waals surface area contributed by atoms with Crippen LogP contribution in [0.5, 0.6) is 0 Å². The zero-order valence-electron chi connectivity index (χ0n) is 17.4. The number of nitrogens with zero attached hydrogens (tertiary/aromatic N) is 9. The number of hydrazone groups is 1. The number of rotatable bonds is 5. The van der Waals surface area contributed by atoms with Crippen LogP contribution >= 0.6 is 0 Å². The van der Waals surface area contributed by atoms with Gasteiger partial charge in [0.2, 0.25) is 0 Å². The summed E-state index contributed by atoms with van der Waals surface area (Å²) in [6, 6.07) is 1.85. The summed E-state index contributed by atoms with van der Waals surface area (Å²) < 4.78 is 0. The highest BCUT2D eigenvalue weighted by molar-refractivity contribution is 5.68. The molecule has 5 aliphatic heterocycles. The third-order valence-electron chi connectivity index (χ3n) is 6.16. The smallest absolute Gasteiger partial charge is 0.275 e. The Morgan fingerprint density at radius 3 is 2.52 bits per heavy atom. The molecule has 5 aliphatic rings. The summed E-state index contributed by atoms with van der Waals surface area (Å²) in [6.45, 7) is 4.98. The Kier molecular flexibility index (Phi) is 4.37. The predicted molar refractivity (Wildman–Crippen MR) is 118 cm³/mol. The zero-order valence-corrected chi connectivity index (χ0v) is 17.4. The number of aromatic nitrogens is 2. The van der Waals surface area contributed by atoms with Crippen LogP contribution in [-0.2, 0) is 0 Å². The Balaban J connectivity index is 1.56. The minimum Gasteiger partial charge on any atom is -0.333 e. The second kappa shape index (κ2) is 7.38. The lowest BCUT2D eigenvalue weighted by atomic mass is 10.3. The molecule has 0 aromatic carbocycles. The number of nitrogens with one attached hydrogen (secondary N) is 1. The van der Waals surface area contributed by atoms with Crippen LogP contribution < -0.4 is 5.32 Å².